The molecule has 2 aromatic heterocycles. The van der Waals surface area contributed by atoms with Crippen LogP contribution in [0.5, 0.6) is 0 Å². The van der Waals surface area contributed by atoms with Crippen molar-refractivity contribution < 1.29 is 14.3 Å². The van der Waals surface area contributed by atoms with E-state index in [0.29, 0.717) is 30.6 Å². The first-order valence-corrected chi connectivity index (χ1v) is 9.23. The molecule has 1 aliphatic carbocycles. The Balaban J connectivity index is 1.38. The average molecular weight is 357 g/mol. The first-order chi connectivity index (χ1) is 12.6. The molecule has 1 N–H and O–H groups in total. The molecule has 2 fully saturated rings. The molecule has 1 saturated heterocycles. The number of amides is 1. The predicted molar refractivity (Wildman–Crippen MR) is 91.9 cm³/mol. The third-order valence-corrected chi connectivity index (χ3v) is 5.38. The minimum absolute atomic E-state index is 0.0190. The van der Waals surface area contributed by atoms with Gasteiger partial charge in [0, 0.05) is 25.5 Å². The van der Waals surface area contributed by atoms with Crippen LogP contribution >= 0.6 is 0 Å². The van der Waals surface area contributed by atoms with Crippen LogP contribution < -0.4 is 0 Å². The van der Waals surface area contributed by atoms with E-state index < -0.39 is 5.60 Å². The number of likely N-dealkylation sites (tertiary alicyclic amines) is 1. The standard InChI is InChI=1S/C18H23N5O3/c24-15(10-18(25)5-2-1-3-6-18)23-9-4-13(12-23)16-21-22-17(26-16)14-11-19-7-8-20-14/h7-8,11,13,25H,1-6,9-10,12H2. The lowest BCUT2D eigenvalue weighted by Gasteiger charge is -2.32. The van der Waals surface area contributed by atoms with Gasteiger partial charge in [0.1, 0.15) is 5.69 Å². The van der Waals surface area contributed by atoms with Gasteiger partial charge in [0.15, 0.2) is 0 Å². The van der Waals surface area contributed by atoms with Crippen molar-refractivity contribution in [3.8, 4) is 11.6 Å². The lowest BCUT2D eigenvalue weighted by Crippen LogP contribution is -2.39. The van der Waals surface area contributed by atoms with Crippen LogP contribution in [0.25, 0.3) is 11.6 Å². The predicted octanol–water partition coefficient (Wildman–Crippen LogP) is 1.93. The van der Waals surface area contributed by atoms with Crippen LogP contribution in [0.4, 0.5) is 0 Å². The third kappa shape index (κ3) is 3.60. The summed E-state index contributed by atoms with van der Waals surface area (Å²) in [5, 5.41) is 18.8. The lowest BCUT2D eigenvalue weighted by molar-refractivity contribution is -0.136. The van der Waals surface area contributed by atoms with Crippen LogP contribution in [0.3, 0.4) is 0 Å². The fraction of sp³-hybridized carbons (Fsp3) is 0.611. The number of rotatable bonds is 4. The summed E-state index contributed by atoms with van der Waals surface area (Å²) in [7, 11) is 0. The molecule has 3 heterocycles. The summed E-state index contributed by atoms with van der Waals surface area (Å²) in [5.41, 5.74) is -0.284. The first kappa shape index (κ1) is 17.1. The quantitative estimate of drug-likeness (QED) is 0.891. The molecule has 0 bridgehead atoms. The largest absolute Gasteiger partial charge is 0.419 e. The third-order valence-electron chi connectivity index (χ3n) is 5.38. The first-order valence-electron chi connectivity index (χ1n) is 9.23. The molecular weight excluding hydrogens is 334 g/mol. The van der Waals surface area contributed by atoms with E-state index in [0.717, 1.165) is 38.5 Å². The van der Waals surface area contributed by atoms with Crippen LogP contribution in [-0.4, -0.2) is 54.8 Å². The van der Waals surface area contributed by atoms with Gasteiger partial charge in [-0.05, 0) is 19.3 Å². The Bertz CT molecular complexity index is 757. The van der Waals surface area contributed by atoms with Crippen molar-refractivity contribution in [3.63, 3.8) is 0 Å². The maximum atomic E-state index is 12.6. The summed E-state index contributed by atoms with van der Waals surface area (Å²) in [6.45, 7) is 1.21. The Morgan fingerprint density at radius 3 is 2.88 bits per heavy atom. The van der Waals surface area contributed by atoms with Gasteiger partial charge in [-0.1, -0.05) is 19.3 Å². The van der Waals surface area contributed by atoms with E-state index in [1.165, 1.54) is 0 Å². The van der Waals surface area contributed by atoms with E-state index in [-0.39, 0.29) is 18.2 Å². The van der Waals surface area contributed by atoms with Gasteiger partial charge in [-0.25, -0.2) is 4.98 Å². The number of aromatic nitrogens is 4. The van der Waals surface area contributed by atoms with Gasteiger partial charge < -0.3 is 14.4 Å². The molecule has 0 radical (unpaired) electrons. The summed E-state index contributed by atoms with van der Waals surface area (Å²) >= 11 is 0. The van der Waals surface area contributed by atoms with Crippen LogP contribution in [0.2, 0.25) is 0 Å². The Hall–Kier alpha value is -2.35. The molecule has 8 heteroatoms. The van der Waals surface area contributed by atoms with Crippen molar-refractivity contribution in [2.24, 2.45) is 0 Å². The summed E-state index contributed by atoms with van der Waals surface area (Å²) in [4.78, 5) is 22.6. The summed E-state index contributed by atoms with van der Waals surface area (Å²) in [6.07, 6.45) is 10.3. The Kier molecular flexibility index (Phi) is 4.67. The zero-order chi connectivity index (χ0) is 18.0. The summed E-state index contributed by atoms with van der Waals surface area (Å²) in [5.74, 6) is 0.912. The molecule has 8 nitrogen and oxygen atoms in total. The normalized spacial score (nSPS) is 22.5. The van der Waals surface area contributed by atoms with E-state index in [9.17, 15) is 9.90 Å². The van der Waals surface area contributed by atoms with Gasteiger partial charge in [-0.3, -0.25) is 9.78 Å². The second kappa shape index (κ2) is 7.11. The molecular formula is C18H23N5O3. The fourth-order valence-corrected chi connectivity index (χ4v) is 3.88. The topological polar surface area (TPSA) is 105 Å². The molecule has 138 valence electrons. The van der Waals surface area contributed by atoms with E-state index >= 15 is 0 Å². The molecule has 1 saturated carbocycles. The molecule has 0 aromatic carbocycles. The fourth-order valence-electron chi connectivity index (χ4n) is 3.88. The second-order valence-corrected chi connectivity index (χ2v) is 7.32. The number of nitrogens with zero attached hydrogens (tertiary/aromatic N) is 5. The minimum Gasteiger partial charge on any atom is -0.419 e. The Labute approximate surface area is 151 Å². The zero-order valence-corrected chi connectivity index (χ0v) is 14.7. The van der Waals surface area contributed by atoms with Crippen LogP contribution in [-0.2, 0) is 4.79 Å². The lowest BCUT2D eigenvalue weighted by atomic mass is 9.82. The van der Waals surface area contributed by atoms with E-state index in [1.807, 2.05) is 4.90 Å². The van der Waals surface area contributed by atoms with E-state index in [2.05, 4.69) is 20.2 Å². The molecule has 2 aromatic rings. The van der Waals surface area contributed by atoms with Gasteiger partial charge in [0.05, 0.1) is 24.1 Å². The molecule has 1 amide bonds. The Morgan fingerprint density at radius 2 is 2.12 bits per heavy atom. The zero-order valence-electron chi connectivity index (χ0n) is 14.7. The number of carbonyl (C=O) groups excluding carboxylic acids is 1. The highest BCUT2D eigenvalue weighted by Crippen LogP contribution is 2.33. The van der Waals surface area contributed by atoms with Crippen molar-refractivity contribution in [2.75, 3.05) is 13.1 Å². The van der Waals surface area contributed by atoms with Crippen LogP contribution in [0.1, 0.15) is 56.8 Å². The van der Waals surface area contributed by atoms with Crippen molar-refractivity contribution >= 4 is 5.91 Å². The molecule has 1 aliphatic heterocycles. The van der Waals surface area contributed by atoms with Gasteiger partial charge in [-0.15, -0.1) is 10.2 Å². The van der Waals surface area contributed by atoms with Crippen LogP contribution in [0, 0.1) is 0 Å². The van der Waals surface area contributed by atoms with E-state index in [1.54, 1.807) is 18.6 Å². The molecule has 26 heavy (non-hydrogen) atoms. The highest BCUT2D eigenvalue weighted by atomic mass is 16.4. The number of carbonyl (C=O) groups is 1. The molecule has 1 unspecified atom stereocenters. The molecule has 0 spiro atoms. The maximum Gasteiger partial charge on any atom is 0.267 e. The maximum absolute atomic E-state index is 12.6. The SMILES string of the molecule is O=C(CC1(O)CCCCC1)N1CCC(c2nnc(-c3cnccn3)o2)C1. The van der Waals surface area contributed by atoms with Gasteiger partial charge in [0.2, 0.25) is 11.8 Å². The highest BCUT2D eigenvalue weighted by molar-refractivity contribution is 5.77. The van der Waals surface area contributed by atoms with Crippen LogP contribution in [0.15, 0.2) is 23.0 Å². The molecule has 1 atom stereocenters. The molecule has 4 rings (SSSR count). The smallest absolute Gasteiger partial charge is 0.267 e. The number of hydrogen-bond donors (Lipinski definition) is 1. The van der Waals surface area contributed by atoms with E-state index in [4.69, 9.17) is 4.42 Å². The monoisotopic (exact) mass is 357 g/mol. The number of hydrogen-bond acceptors (Lipinski definition) is 7. The van der Waals surface area contributed by atoms with Crippen molar-refractivity contribution in [2.45, 2.75) is 56.5 Å². The second-order valence-electron chi connectivity index (χ2n) is 7.32. The highest BCUT2D eigenvalue weighted by Gasteiger charge is 2.36. The van der Waals surface area contributed by atoms with Gasteiger partial charge >= 0.3 is 0 Å². The number of aliphatic hydroxyl groups is 1. The minimum atomic E-state index is -0.822. The van der Waals surface area contributed by atoms with Crippen molar-refractivity contribution in [1.82, 2.24) is 25.1 Å². The van der Waals surface area contributed by atoms with Gasteiger partial charge in [-0.2, -0.15) is 0 Å². The summed E-state index contributed by atoms with van der Waals surface area (Å²) < 4.78 is 5.74. The van der Waals surface area contributed by atoms with Crippen molar-refractivity contribution in [1.29, 1.82) is 0 Å². The average Bonchev–Trinajstić information content (AvgIpc) is 3.32. The van der Waals surface area contributed by atoms with Gasteiger partial charge in [0.25, 0.3) is 5.89 Å². The van der Waals surface area contributed by atoms with Crippen molar-refractivity contribution in [3.05, 3.63) is 24.5 Å². The Morgan fingerprint density at radius 1 is 1.27 bits per heavy atom. The molecule has 2 aliphatic rings. The summed E-state index contributed by atoms with van der Waals surface area (Å²) in [6, 6.07) is 0.